The van der Waals surface area contributed by atoms with Crippen LogP contribution in [-0.4, -0.2) is 20.4 Å². The van der Waals surface area contributed by atoms with Crippen LogP contribution in [0.2, 0.25) is 0 Å². The number of aromatic nitrogens is 3. The normalized spacial score (nSPS) is 10.9. The zero-order valence-electron chi connectivity index (χ0n) is 11.0. The van der Waals surface area contributed by atoms with Gasteiger partial charge in [0.05, 0.1) is 18.1 Å². The number of rotatable bonds is 4. The summed E-state index contributed by atoms with van der Waals surface area (Å²) in [6.45, 7) is 0. The number of hydrogen-bond donors (Lipinski definition) is 1. The van der Waals surface area contributed by atoms with Crippen LogP contribution in [0.1, 0.15) is 5.76 Å². The Morgan fingerprint density at radius 3 is 2.95 bits per heavy atom. The zero-order valence-corrected chi connectivity index (χ0v) is 11.0. The Kier molecular flexibility index (Phi) is 3.60. The van der Waals surface area contributed by atoms with Gasteiger partial charge < -0.3 is 9.73 Å². The molecule has 0 fully saturated rings. The molecule has 1 N–H and O–H groups in total. The molecule has 0 aliphatic rings. The lowest BCUT2D eigenvalue weighted by Crippen LogP contribution is -2.08. The number of nitrogens with zero attached hydrogens (tertiary/aromatic N) is 3. The summed E-state index contributed by atoms with van der Waals surface area (Å²) >= 11 is 0. The molecule has 0 bridgehead atoms. The summed E-state index contributed by atoms with van der Waals surface area (Å²) in [6.07, 6.45) is 11.3. The quantitative estimate of drug-likeness (QED) is 0.745. The number of carbonyl (C=O) groups is 1. The van der Waals surface area contributed by atoms with E-state index in [1.165, 1.54) is 6.08 Å². The van der Waals surface area contributed by atoms with Crippen molar-refractivity contribution in [2.24, 2.45) is 0 Å². The van der Waals surface area contributed by atoms with E-state index < -0.39 is 0 Å². The largest absolute Gasteiger partial charge is 0.465 e. The molecule has 6 heteroatoms. The molecule has 6 nitrogen and oxygen atoms in total. The monoisotopic (exact) mass is 280 g/mol. The number of carbonyl (C=O) groups excluding carboxylic acids is 1. The molecule has 1 amide bonds. The number of imidazole rings is 1. The van der Waals surface area contributed by atoms with E-state index in [1.54, 1.807) is 66.1 Å². The van der Waals surface area contributed by atoms with Gasteiger partial charge in [-0.3, -0.25) is 9.36 Å². The van der Waals surface area contributed by atoms with Crippen LogP contribution in [0, 0.1) is 0 Å². The van der Waals surface area contributed by atoms with Crippen molar-refractivity contribution in [3.8, 4) is 5.82 Å². The number of anilines is 1. The number of furan rings is 1. The fraction of sp³-hybridized carbons (Fsp3) is 0. The summed E-state index contributed by atoms with van der Waals surface area (Å²) in [6, 6.07) is 7.11. The van der Waals surface area contributed by atoms with Crippen molar-refractivity contribution in [1.82, 2.24) is 14.5 Å². The molecule has 0 aliphatic carbocycles. The second-order valence-electron chi connectivity index (χ2n) is 4.21. The van der Waals surface area contributed by atoms with E-state index in [4.69, 9.17) is 4.42 Å². The van der Waals surface area contributed by atoms with E-state index in [1.807, 2.05) is 0 Å². The van der Waals surface area contributed by atoms with Crippen molar-refractivity contribution in [3.05, 3.63) is 67.3 Å². The molecule has 0 aliphatic heterocycles. The second kappa shape index (κ2) is 5.87. The number of pyridine rings is 1. The minimum absolute atomic E-state index is 0.247. The summed E-state index contributed by atoms with van der Waals surface area (Å²) in [4.78, 5) is 19.9. The molecule has 0 unspecified atom stereocenters. The first-order valence-corrected chi connectivity index (χ1v) is 6.28. The fourth-order valence-electron chi connectivity index (χ4n) is 1.74. The Bertz CT molecular complexity index is 729. The first kappa shape index (κ1) is 12.9. The SMILES string of the molecule is O=C(/C=C\c1ccco1)Nc1ccc(-n2ccnc2)nc1. The predicted molar refractivity (Wildman–Crippen MR) is 77.7 cm³/mol. The third-order valence-corrected chi connectivity index (χ3v) is 2.73. The zero-order chi connectivity index (χ0) is 14.5. The van der Waals surface area contributed by atoms with Gasteiger partial charge in [-0.25, -0.2) is 9.97 Å². The van der Waals surface area contributed by atoms with E-state index in [0.717, 1.165) is 5.82 Å². The van der Waals surface area contributed by atoms with Crippen molar-refractivity contribution in [3.63, 3.8) is 0 Å². The number of nitrogens with one attached hydrogen (secondary N) is 1. The summed E-state index contributed by atoms with van der Waals surface area (Å²) in [5.41, 5.74) is 0.618. The van der Waals surface area contributed by atoms with Crippen LogP contribution in [0.15, 0.2) is 65.9 Å². The lowest BCUT2D eigenvalue weighted by Gasteiger charge is -2.04. The van der Waals surface area contributed by atoms with E-state index >= 15 is 0 Å². The Labute approximate surface area is 120 Å². The van der Waals surface area contributed by atoms with Crippen LogP contribution in [0.25, 0.3) is 11.9 Å². The predicted octanol–water partition coefficient (Wildman–Crippen LogP) is 2.51. The maximum atomic E-state index is 11.7. The molecule has 0 saturated heterocycles. The Hall–Kier alpha value is -3.15. The lowest BCUT2D eigenvalue weighted by atomic mass is 10.3. The third-order valence-electron chi connectivity index (χ3n) is 2.73. The van der Waals surface area contributed by atoms with E-state index in [0.29, 0.717) is 11.4 Å². The highest BCUT2D eigenvalue weighted by Crippen LogP contribution is 2.10. The summed E-state index contributed by atoms with van der Waals surface area (Å²) < 4.78 is 6.88. The minimum atomic E-state index is -0.247. The van der Waals surface area contributed by atoms with Gasteiger partial charge in [0.25, 0.3) is 0 Å². The lowest BCUT2D eigenvalue weighted by molar-refractivity contribution is -0.111. The van der Waals surface area contributed by atoms with Crippen LogP contribution in [0.4, 0.5) is 5.69 Å². The molecular formula is C15H12N4O2. The Balaban J connectivity index is 1.64. The molecule has 0 spiro atoms. The molecule has 0 aromatic carbocycles. The first-order chi connectivity index (χ1) is 10.3. The van der Waals surface area contributed by atoms with Gasteiger partial charge in [0.2, 0.25) is 5.91 Å². The van der Waals surface area contributed by atoms with Gasteiger partial charge in [0, 0.05) is 18.5 Å². The average molecular weight is 280 g/mol. The van der Waals surface area contributed by atoms with Gasteiger partial charge in [0.15, 0.2) is 0 Å². The summed E-state index contributed by atoms with van der Waals surface area (Å²) in [5, 5.41) is 2.72. The first-order valence-electron chi connectivity index (χ1n) is 6.28. The topological polar surface area (TPSA) is 73.0 Å². The maximum Gasteiger partial charge on any atom is 0.248 e. The smallest absolute Gasteiger partial charge is 0.248 e. The number of amides is 1. The average Bonchev–Trinajstić information content (AvgIpc) is 3.19. The van der Waals surface area contributed by atoms with Crippen LogP contribution in [0.5, 0.6) is 0 Å². The van der Waals surface area contributed by atoms with Gasteiger partial charge in [0.1, 0.15) is 17.9 Å². The van der Waals surface area contributed by atoms with Crippen molar-refractivity contribution in [1.29, 1.82) is 0 Å². The molecule has 0 radical (unpaired) electrons. The van der Waals surface area contributed by atoms with Crippen molar-refractivity contribution in [2.45, 2.75) is 0 Å². The highest BCUT2D eigenvalue weighted by molar-refractivity contribution is 6.01. The molecule has 3 aromatic rings. The maximum absolute atomic E-state index is 11.7. The van der Waals surface area contributed by atoms with Gasteiger partial charge in [-0.15, -0.1) is 0 Å². The Morgan fingerprint density at radius 1 is 1.33 bits per heavy atom. The van der Waals surface area contributed by atoms with Gasteiger partial charge in [-0.1, -0.05) is 0 Å². The Morgan fingerprint density at radius 2 is 2.29 bits per heavy atom. The van der Waals surface area contributed by atoms with Crippen molar-refractivity contribution >= 4 is 17.7 Å². The van der Waals surface area contributed by atoms with Crippen LogP contribution in [-0.2, 0) is 4.79 Å². The molecule has 3 heterocycles. The molecule has 104 valence electrons. The number of hydrogen-bond acceptors (Lipinski definition) is 4. The molecule has 3 aromatic heterocycles. The van der Waals surface area contributed by atoms with Crippen molar-refractivity contribution in [2.75, 3.05) is 5.32 Å². The summed E-state index contributed by atoms with van der Waals surface area (Å²) in [7, 11) is 0. The van der Waals surface area contributed by atoms with E-state index in [2.05, 4.69) is 15.3 Å². The van der Waals surface area contributed by atoms with E-state index in [-0.39, 0.29) is 5.91 Å². The molecule has 21 heavy (non-hydrogen) atoms. The second-order valence-corrected chi connectivity index (χ2v) is 4.21. The minimum Gasteiger partial charge on any atom is -0.465 e. The highest BCUT2D eigenvalue weighted by atomic mass is 16.3. The van der Waals surface area contributed by atoms with E-state index in [9.17, 15) is 4.79 Å². The van der Waals surface area contributed by atoms with Crippen LogP contribution in [0.3, 0.4) is 0 Å². The van der Waals surface area contributed by atoms with Crippen LogP contribution < -0.4 is 5.32 Å². The third kappa shape index (κ3) is 3.24. The highest BCUT2D eigenvalue weighted by Gasteiger charge is 2.01. The molecule has 3 rings (SSSR count). The molecule has 0 saturated carbocycles. The van der Waals surface area contributed by atoms with Crippen molar-refractivity contribution < 1.29 is 9.21 Å². The summed E-state index contributed by atoms with van der Waals surface area (Å²) in [5.74, 6) is 1.11. The molecule has 0 atom stereocenters. The van der Waals surface area contributed by atoms with Crippen LogP contribution >= 0.6 is 0 Å². The van der Waals surface area contributed by atoms with Gasteiger partial charge >= 0.3 is 0 Å². The van der Waals surface area contributed by atoms with Gasteiger partial charge in [-0.05, 0) is 30.3 Å². The molecular weight excluding hydrogens is 268 g/mol. The standard InChI is InChI=1S/C15H12N4O2/c20-15(6-4-13-2-1-9-21-13)18-12-3-5-14(17-10-12)19-8-7-16-11-19/h1-11H,(H,18,20)/b6-4-. The van der Waals surface area contributed by atoms with Gasteiger partial charge in [-0.2, -0.15) is 0 Å². The fourth-order valence-corrected chi connectivity index (χ4v) is 1.74.